The Morgan fingerprint density at radius 2 is 2.05 bits per heavy atom. The molecule has 3 rings (SSSR count). The number of likely N-dealkylation sites (tertiary alicyclic amines) is 1. The van der Waals surface area contributed by atoms with Gasteiger partial charge in [-0.3, -0.25) is 4.90 Å². The smallest absolute Gasteiger partial charge is 0.127 e. The van der Waals surface area contributed by atoms with Gasteiger partial charge in [0.2, 0.25) is 0 Å². The van der Waals surface area contributed by atoms with Gasteiger partial charge in [-0.05, 0) is 57.5 Å². The van der Waals surface area contributed by atoms with Gasteiger partial charge in [-0.25, -0.2) is 4.98 Å². The van der Waals surface area contributed by atoms with Gasteiger partial charge >= 0.3 is 0 Å². The standard InChI is InChI=1S/C18H24N4/c1-14-7-8-17-16(13-14)20-18(22(17)12-6-9-19)15(2)21-10-4-3-5-11-21/h7-8,13,15H,3-6,10-12H2,1-2H3. The fourth-order valence-corrected chi connectivity index (χ4v) is 3.44. The Hall–Kier alpha value is -1.86. The molecule has 0 radical (unpaired) electrons. The molecule has 4 heteroatoms. The highest BCUT2D eigenvalue weighted by molar-refractivity contribution is 5.77. The van der Waals surface area contributed by atoms with Gasteiger partial charge in [0.25, 0.3) is 0 Å². The summed E-state index contributed by atoms with van der Waals surface area (Å²) in [4.78, 5) is 7.44. The van der Waals surface area contributed by atoms with E-state index < -0.39 is 0 Å². The van der Waals surface area contributed by atoms with Crippen LogP contribution in [0, 0.1) is 18.3 Å². The fraction of sp³-hybridized carbons (Fsp3) is 0.556. The number of imidazole rings is 1. The number of hydrogen-bond donors (Lipinski definition) is 0. The van der Waals surface area contributed by atoms with Crippen molar-refractivity contribution in [2.75, 3.05) is 13.1 Å². The second-order valence-corrected chi connectivity index (χ2v) is 6.29. The minimum atomic E-state index is 0.312. The van der Waals surface area contributed by atoms with E-state index in [1.165, 1.54) is 24.8 Å². The van der Waals surface area contributed by atoms with Crippen LogP contribution in [-0.4, -0.2) is 27.5 Å². The number of benzene rings is 1. The van der Waals surface area contributed by atoms with Gasteiger partial charge in [0, 0.05) is 6.54 Å². The number of fused-ring (bicyclic) bond motifs is 1. The number of nitriles is 1. The van der Waals surface area contributed by atoms with Crippen LogP contribution in [0.25, 0.3) is 11.0 Å². The van der Waals surface area contributed by atoms with Crippen molar-refractivity contribution in [2.45, 2.75) is 52.1 Å². The van der Waals surface area contributed by atoms with Crippen molar-refractivity contribution in [3.8, 4) is 6.07 Å². The summed E-state index contributed by atoms with van der Waals surface area (Å²) in [6.45, 7) is 7.39. The Balaban J connectivity index is 2.00. The molecule has 1 aromatic carbocycles. The second-order valence-electron chi connectivity index (χ2n) is 6.29. The predicted molar refractivity (Wildman–Crippen MR) is 88.5 cm³/mol. The van der Waals surface area contributed by atoms with E-state index in [1.54, 1.807) is 0 Å². The maximum atomic E-state index is 8.97. The van der Waals surface area contributed by atoms with Crippen LogP contribution in [0.2, 0.25) is 0 Å². The SMILES string of the molecule is Cc1ccc2c(c1)nc(C(C)N1CCCCC1)n2CCC#N. The maximum Gasteiger partial charge on any atom is 0.127 e. The van der Waals surface area contributed by atoms with Gasteiger partial charge in [-0.1, -0.05) is 12.5 Å². The second kappa shape index (κ2) is 6.50. The largest absolute Gasteiger partial charge is 0.326 e. The Kier molecular flexibility index (Phi) is 4.44. The molecule has 1 aromatic heterocycles. The minimum absolute atomic E-state index is 0.312. The zero-order valence-corrected chi connectivity index (χ0v) is 13.5. The Labute approximate surface area is 132 Å². The molecular formula is C18H24N4. The number of rotatable bonds is 4. The molecule has 0 aliphatic carbocycles. The van der Waals surface area contributed by atoms with Gasteiger partial charge in [0.1, 0.15) is 5.82 Å². The highest BCUT2D eigenvalue weighted by Gasteiger charge is 2.23. The zero-order valence-electron chi connectivity index (χ0n) is 13.5. The summed E-state index contributed by atoms with van der Waals surface area (Å²) >= 11 is 0. The van der Waals surface area contributed by atoms with Crippen LogP contribution < -0.4 is 0 Å². The molecule has 1 atom stereocenters. The number of nitrogens with zero attached hydrogens (tertiary/aromatic N) is 4. The average molecular weight is 296 g/mol. The third kappa shape index (κ3) is 2.86. The predicted octanol–water partition coefficient (Wildman–Crippen LogP) is 3.81. The van der Waals surface area contributed by atoms with Crippen LogP contribution in [0.3, 0.4) is 0 Å². The summed E-state index contributed by atoms with van der Waals surface area (Å²) in [6, 6.07) is 8.99. The molecule has 0 saturated carbocycles. The van der Waals surface area contributed by atoms with Crippen molar-refractivity contribution >= 4 is 11.0 Å². The molecule has 0 bridgehead atoms. The fourth-order valence-electron chi connectivity index (χ4n) is 3.44. The van der Waals surface area contributed by atoms with Crippen molar-refractivity contribution in [1.82, 2.24) is 14.5 Å². The van der Waals surface area contributed by atoms with Crippen LogP contribution in [0.4, 0.5) is 0 Å². The van der Waals surface area contributed by atoms with Crippen molar-refractivity contribution in [2.24, 2.45) is 0 Å². The quantitative estimate of drug-likeness (QED) is 0.862. The van der Waals surface area contributed by atoms with Crippen LogP contribution in [0.15, 0.2) is 18.2 Å². The molecule has 0 spiro atoms. The third-order valence-electron chi connectivity index (χ3n) is 4.69. The average Bonchev–Trinajstić information content (AvgIpc) is 2.90. The lowest BCUT2D eigenvalue weighted by Gasteiger charge is -2.32. The molecule has 0 amide bonds. The van der Waals surface area contributed by atoms with Crippen molar-refractivity contribution in [1.29, 1.82) is 5.26 Å². The van der Waals surface area contributed by atoms with Crippen LogP contribution in [-0.2, 0) is 6.54 Å². The molecule has 22 heavy (non-hydrogen) atoms. The molecule has 4 nitrogen and oxygen atoms in total. The van der Waals surface area contributed by atoms with Gasteiger partial charge in [0.05, 0.1) is 29.6 Å². The molecule has 1 unspecified atom stereocenters. The van der Waals surface area contributed by atoms with E-state index in [-0.39, 0.29) is 0 Å². The highest BCUT2D eigenvalue weighted by Crippen LogP contribution is 2.27. The van der Waals surface area contributed by atoms with E-state index in [0.29, 0.717) is 12.5 Å². The first-order valence-electron chi connectivity index (χ1n) is 8.28. The Morgan fingerprint density at radius 1 is 1.27 bits per heavy atom. The number of piperidine rings is 1. The normalized spacial score (nSPS) is 17.5. The Morgan fingerprint density at radius 3 is 2.77 bits per heavy atom. The lowest BCUT2D eigenvalue weighted by atomic mass is 10.1. The van der Waals surface area contributed by atoms with E-state index in [0.717, 1.165) is 36.5 Å². The lowest BCUT2D eigenvalue weighted by molar-refractivity contribution is 0.166. The zero-order chi connectivity index (χ0) is 15.5. The molecular weight excluding hydrogens is 272 g/mol. The number of hydrogen-bond acceptors (Lipinski definition) is 3. The summed E-state index contributed by atoms with van der Waals surface area (Å²) in [5, 5.41) is 8.97. The molecule has 1 fully saturated rings. The minimum Gasteiger partial charge on any atom is -0.326 e. The number of aromatic nitrogens is 2. The van der Waals surface area contributed by atoms with Crippen molar-refractivity contribution in [3.05, 3.63) is 29.6 Å². The van der Waals surface area contributed by atoms with Crippen molar-refractivity contribution < 1.29 is 0 Å². The first kappa shape index (κ1) is 15.1. The maximum absolute atomic E-state index is 8.97. The van der Waals surface area contributed by atoms with E-state index >= 15 is 0 Å². The van der Waals surface area contributed by atoms with E-state index in [9.17, 15) is 0 Å². The van der Waals surface area contributed by atoms with Gasteiger partial charge in [0.15, 0.2) is 0 Å². The van der Waals surface area contributed by atoms with E-state index in [4.69, 9.17) is 10.2 Å². The topological polar surface area (TPSA) is 44.9 Å². The Bertz CT molecular complexity index is 689. The molecule has 0 N–H and O–H groups in total. The van der Waals surface area contributed by atoms with E-state index in [2.05, 4.69) is 47.6 Å². The highest BCUT2D eigenvalue weighted by atomic mass is 15.2. The summed E-state index contributed by atoms with van der Waals surface area (Å²) < 4.78 is 2.25. The van der Waals surface area contributed by atoms with E-state index in [1.807, 2.05) is 0 Å². The first-order chi connectivity index (χ1) is 10.7. The molecule has 1 aliphatic heterocycles. The van der Waals surface area contributed by atoms with Gasteiger partial charge in [-0.2, -0.15) is 5.26 Å². The number of aryl methyl sites for hydroxylation is 2. The summed E-state index contributed by atoms with van der Waals surface area (Å²) in [5.41, 5.74) is 3.44. The summed E-state index contributed by atoms with van der Waals surface area (Å²) in [6.07, 6.45) is 4.43. The van der Waals surface area contributed by atoms with Crippen LogP contribution in [0.1, 0.15) is 50.0 Å². The first-order valence-corrected chi connectivity index (χ1v) is 8.28. The lowest BCUT2D eigenvalue weighted by Crippen LogP contribution is -2.33. The summed E-state index contributed by atoms with van der Waals surface area (Å²) in [5.74, 6) is 1.11. The van der Waals surface area contributed by atoms with Crippen molar-refractivity contribution in [3.63, 3.8) is 0 Å². The van der Waals surface area contributed by atoms with Gasteiger partial charge in [-0.15, -0.1) is 0 Å². The van der Waals surface area contributed by atoms with Crippen LogP contribution >= 0.6 is 0 Å². The monoisotopic (exact) mass is 296 g/mol. The van der Waals surface area contributed by atoms with Crippen LogP contribution in [0.5, 0.6) is 0 Å². The molecule has 2 aromatic rings. The third-order valence-corrected chi connectivity index (χ3v) is 4.69. The summed E-state index contributed by atoms with van der Waals surface area (Å²) in [7, 11) is 0. The molecule has 116 valence electrons. The molecule has 2 heterocycles. The van der Waals surface area contributed by atoms with Gasteiger partial charge < -0.3 is 4.57 Å². The molecule has 1 saturated heterocycles. The molecule has 1 aliphatic rings.